The maximum Gasteiger partial charge on any atom is 0.215 e. The van der Waals surface area contributed by atoms with E-state index < -0.39 is 10.4 Å². The SMILES string of the molecule is COc1ccc([S+](c2ccc(Cl)cc2)c2ccc(Cl)cc2)cc1.O=S(=O)([O-])O. The van der Waals surface area contributed by atoms with Gasteiger partial charge in [-0.2, -0.15) is 0 Å². The smallest absolute Gasteiger partial charge is 0.215 e. The van der Waals surface area contributed by atoms with Crippen molar-refractivity contribution in [3.63, 3.8) is 0 Å². The highest BCUT2D eigenvalue weighted by Crippen LogP contribution is 2.33. The van der Waals surface area contributed by atoms with Gasteiger partial charge in [-0.1, -0.05) is 23.2 Å². The third-order valence-corrected chi connectivity index (χ3v) is 6.13. The molecule has 0 bridgehead atoms. The van der Waals surface area contributed by atoms with Crippen molar-refractivity contribution < 1.29 is 22.3 Å². The van der Waals surface area contributed by atoms with E-state index in [0.29, 0.717) is 0 Å². The van der Waals surface area contributed by atoms with Crippen LogP contribution < -0.4 is 4.74 Å². The largest absolute Gasteiger partial charge is 0.726 e. The minimum atomic E-state index is -4.92. The van der Waals surface area contributed by atoms with E-state index >= 15 is 0 Å². The van der Waals surface area contributed by atoms with Crippen LogP contribution in [0.1, 0.15) is 0 Å². The highest BCUT2D eigenvalue weighted by atomic mass is 35.5. The lowest BCUT2D eigenvalue weighted by Crippen LogP contribution is -2.04. The second-order valence-corrected chi connectivity index (χ2v) is 9.07. The third kappa shape index (κ3) is 7.35. The molecule has 3 aromatic rings. The van der Waals surface area contributed by atoms with E-state index in [1.54, 1.807) is 7.11 Å². The number of benzene rings is 3. The number of hydrogen-bond acceptors (Lipinski definition) is 4. The van der Waals surface area contributed by atoms with E-state index in [1.165, 1.54) is 14.7 Å². The highest BCUT2D eigenvalue weighted by Gasteiger charge is 2.28. The second-order valence-electron chi connectivity index (χ2n) is 5.32. The maximum atomic E-state index is 8.63. The number of methoxy groups -OCH3 is 1. The van der Waals surface area contributed by atoms with E-state index in [0.717, 1.165) is 15.8 Å². The van der Waals surface area contributed by atoms with Crippen LogP contribution in [-0.2, 0) is 21.3 Å². The summed E-state index contributed by atoms with van der Waals surface area (Å²) in [4.78, 5) is 3.64. The van der Waals surface area contributed by atoms with Crippen LogP contribution in [0.15, 0.2) is 87.5 Å². The standard InChI is InChI=1S/C19H15Cl2OS.H2O4S/c1-22-16-6-12-19(13-7-16)23(17-8-2-14(20)3-9-17)18-10-4-15(21)5-11-18;1-5(2,3)4/h2-13H,1H3;(H2,1,2,3,4)/q+1;/p-1. The fourth-order valence-corrected chi connectivity index (χ4v) is 4.55. The Labute approximate surface area is 176 Å². The topological polar surface area (TPSA) is 86.7 Å². The van der Waals surface area contributed by atoms with Gasteiger partial charge in [0.25, 0.3) is 0 Å². The maximum absolute atomic E-state index is 8.63. The number of halogens is 2. The van der Waals surface area contributed by atoms with Gasteiger partial charge in [-0.3, -0.25) is 4.55 Å². The Balaban J connectivity index is 0.000000500. The molecule has 3 rings (SSSR count). The zero-order valence-electron chi connectivity index (χ0n) is 14.6. The monoisotopic (exact) mass is 458 g/mol. The van der Waals surface area contributed by atoms with Gasteiger partial charge < -0.3 is 9.29 Å². The molecule has 0 unspecified atom stereocenters. The lowest BCUT2D eigenvalue weighted by Gasteiger charge is -2.09. The summed E-state index contributed by atoms with van der Waals surface area (Å²) in [5.41, 5.74) is 0. The molecule has 28 heavy (non-hydrogen) atoms. The molecule has 0 fully saturated rings. The quantitative estimate of drug-likeness (QED) is 0.333. The molecular weight excluding hydrogens is 443 g/mol. The van der Waals surface area contributed by atoms with Gasteiger partial charge in [0.05, 0.1) is 18.0 Å². The van der Waals surface area contributed by atoms with Gasteiger partial charge in [-0.25, -0.2) is 8.42 Å². The fourth-order valence-electron chi connectivity index (χ4n) is 2.26. The molecule has 0 spiro atoms. The summed E-state index contributed by atoms with van der Waals surface area (Å²) in [5.74, 6) is 0.851. The predicted octanol–water partition coefficient (Wildman–Crippen LogP) is 5.10. The Hall–Kier alpha value is -1.74. The molecule has 9 heteroatoms. The van der Waals surface area contributed by atoms with Crippen molar-refractivity contribution in [2.75, 3.05) is 7.11 Å². The van der Waals surface area contributed by atoms with Crippen LogP contribution >= 0.6 is 23.2 Å². The lowest BCUT2D eigenvalue weighted by molar-refractivity contribution is 0.366. The Bertz CT molecular complexity index is 937. The molecule has 0 amide bonds. The molecule has 0 aliphatic rings. The summed E-state index contributed by atoms with van der Waals surface area (Å²) in [6.45, 7) is 0. The van der Waals surface area contributed by atoms with Gasteiger partial charge in [-0.15, -0.1) is 0 Å². The van der Waals surface area contributed by atoms with E-state index in [2.05, 4.69) is 36.4 Å². The Morgan fingerprint density at radius 2 is 1.07 bits per heavy atom. The van der Waals surface area contributed by atoms with Crippen LogP contribution in [0.4, 0.5) is 0 Å². The summed E-state index contributed by atoms with van der Waals surface area (Å²) in [6, 6.07) is 24.2. The van der Waals surface area contributed by atoms with Crippen molar-refractivity contribution in [2.24, 2.45) is 0 Å². The molecule has 0 saturated heterocycles. The molecule has 0 atom stereocenters. The van der Waals surface area contributed by atoms with Crippen molar-refractivity contribution in [1.29, 1.82) is 0 Å². The van der Waals surface area contributed by atoms with Crippen LogP contribution in [0.5, 0.6) is 5.75 Å². The Morgan fingerprint density at radius 1 is 0.786 bits per heavy atom. The molecule has 5 nitrogen and oxygen atoms in total. The fraction of sp³-hybridized carbons (Fsp3) is 0.0526. The Kier molecular flexibility index (Phi) is 8.18. The Morgan fingerprint density at radius 3 is 1.36 bits per heavy atom. The average Bonchev–Trinajstić information content (AvgIpc) is 2.64. The molecule has 1 N–H and O–H groups in total. The highest BCUT2D eigenvalue weighted by molar-refractivity contribution is 7.97. The van der Waals surface area contributed by atoms with Crippen LogP contribution in [0.2, 0.25) is 10.0 Å². The summed E-state index contributed by atoms with van der Waals surface area (Å²) in [5, 5.41) is 1.48. The summed E-state index contributed by atoms with van der Waals surface area (Å²) in [7, 11) is -3.46. The predicted molar refractivity (Wildman–Crippen MR) is 110 cm³/mol. The number of ether oxygens (including phenoxy) is 1. The van der Waals surface area contributed by atoms with Crippen molar-refractivity contribution >= 4 is 44.5 Å². The third-order valence-electron chi connectivity index (χ3n) is 3.39. The van der Waals surface area contributed by atoms with Gasteiger partial charge in [0.1, 0.15) is 5.75 Å². The minimum absolute atomic E-state index is 0.214. The number of hydrogen-bond donors (Lipinski definition) is 1. The van der Waals surface area contributed by atoms with Gasteiger partial charge in [0.15, 0.2) is 14.7 Å². The zero-order valence-corrected chi connectivity index (χ0v) is 17.7. The van der Waals surface area contributed by atoms with Crippen molar-refractivity contribution in [1.82, 2.24) is 0 Å². The molecule has 0 aromatic heterocycles. The first-order valence-electron chi connectivity index (χ1n) is 7.75. The van der Waals surface area contributed by atoms with Crippen LogP contribution in [-0.4, -0.2) is 24.6 Å². The first-order valence-corrected chi connectivity index (χ1v) is 11.1. The van der Waals surface area contributed by atoms with E-state index in [9.17, 15) is 0 Å². The molecule has 0 heterocycles. The van der Waals surface area contributed by atoms with E-state index in [1.807, 2.05) is 36.4 Å². The van der Waals surface area contributed by atoms with Crippen LogP contribution in [0.25, 0.3) is 0 Å². The summed E-state index contributed by atoms with van der Waals surface area (Å²) < 4.78 is 38.1. The van der Waals surface area contributed by atoms with Gasteiger partial charge in [-0.05, 0) is 72.8 Å². The normalized spacial score (nSPS) is 10.9. The van der Waals surface area contributed by atoms with Crippen molar-refractivity contribution in [3.8, 4) is 5.75 Å². The average molecular weight is 459 g/mol. The lowest BCUT2D eigenvalue weighted by atomic mass is 10.3. The molecule has 0 aliphatic heterocycles. The van der Waals surface area contributed by atoms with Crippen LogP contribution in [0.3, 0.4) is 0 Å². The molecule has 0 saturated carbocycles. The molecular formula is C19H16Cl2O5S2. The van der Waals surface area contributed by atoms with Crippen molar-refractivity contribution in [3.05, 3.63) is 82.8 Å². The van der Waals surface area contributed by atoms with Crippen LogP contribution in [0, 0.1) is 0 Å². The first kappa shape index (κ1) is 22.5. The summed E-state index contributed by atoms with van der Waals surface area (Å²) in [6.07, 6.45) is 0. The van der Waals surface area contributed by atoms with Gasteiger partial charge >= 0.3 is 0 Å². The zero-order chi connectivity index (χ0) is 20.7. The van der Waals surface area contributed by atoms with E-state index in [4.69, 9.17) is 45.5 Å². The van der Waals surface area contributed by atoms with Crippen molar-refractivity contribution in [2.45, 2.75) is 14.7 Å². The first-order chi connectivity index (χ1) is 13.2. The molecule has 0 radical (unpaired) electrons. The number of rotatable bonds is 4. The summed E-state index contributed by atoms with van der Waals surface area (Å²) >= 11 is 12.1. The van der Waals surface area contributed by atoms with Gasteiger partial charge in [0.2, 0.25) is 10.4 Å². The minimum Gasteiger partial charge on any atom is -0.726 e. The van der Waals surface area contributed by atoms with E-state index in [-0.39, 0.29) is 10.9 Å². The molecule has 3 aromatic carbocycles. The second kappa shape index (κ2) is 10.2. The molecule has 148 valence electrons. The van der Waals surface area contributed by atoms with Gasteiger partial charge in [0, 0.05) is 10.0 Å². The molecule has 0 aliphatic carbocycles.